The van der Waals surface area contributed by atoms with Crippen molar-refractivity contribution in [2.24, 2.45) is 5.92 Å². The molecular formula is C22H24NO7-. The zero-order valence-electron chi connectivity index (χ0n) is 16.8. The van der Waals surface area contributed by atoms with Crippen LogP contribution in [-0.4, -0.2) is 42.0 Å². The summed E-state index contributed by atoms with van der Waals surface area (Å²) in [6.07, 6.45) is 0.553. The van der Waals surface area contributed by atoms with Gasteiger partial charge in [-0.2, -0.15) is 0 Å². The topological polar surface area (TPSA) is 125 Å². The molecule has 8 heteroatoms. The Morgan fingerprint density at radius 2 is 1.70 bits per heavy atom. The maximum absolute atomic E-state index is 12.2. The zero-order chi connectivity index (χ0) is 22.1. The second-order valence-electron chi connectivity index (χ2n) is 6.74. The summed E-state index contributed by atoms with van der Waals surface area (Å²) in [4.78, 5) is 35.4. The Labute approximate surface area is 174 Å². The van der Waals surface area contributed by atoms with Gasteiger partial charge in [-0.15, -0.1) is 0 Å². The van der Waals surface area contributed by atoms with Gasteiger partial charge < -0.3 is 29.8 Å². The number of rotatable bonds is 11. The predicted octanol–water partition coefficient (Wildman–Crippen LogP) is 1.31. The number of phenolic OH excluding ortho intramolecular Hbond substituents is 1. The molecule has 8 nitrogen and oxygen atoms in total. The predicted molar refractivity (Wildman–Crippen MR) is 106 cm³/mol. The van der Waals surface area contributed by atoms with Crippen LogP contribution in [0, 0.1) is 5.92 Å². The first-order valence-electron chi connectivity index (χ1n) is 9.48. The smallest absolute Gasteiger partial charge is 0.258 e. The van der Waals surface area contributed by atoms with Gasteiger partial charge in [-0.25, -0.2) is 0 Å². The molecule has 1 amide bonds. The molecule has 2 aromatic rings. The highest BCUT2D eigenvalue weighted by atomic mass is 16.5. The van der Waals surface area contributed by atoms with Crippen LogP contribution in [0.1, 0.15) is 30.6 Å². The lowest BCUT2D eigenvalue weighted by Gasteiger charge is -2.25. The van der Waals surface area contributed by atoms with Crippen LogP contribution in [0.15, 0.2) is 48.5 Å². The summed E-state index contributed by atoms with van der Waals surface area (Å²) in [6, 6.07) is 11.7. The van der Waals surface area contributed by atoms with Gasteiger partial charge in [-0.3, -0.25) is 9.59 Å². The van der Waals surface area contributed by atoms with Crippen LogP contribution in [0.4, 0.5) is 0 Å². The SMILES string of the molecule is CC[C@H](C)[C@H](NC(=O)COc1ccc(C(=O)COc2ccccc2)c(O)c1)C(=O)[O-]. The van der Waals surface area contributed by atoms with Crippen LogP contribution in [-0.2, 0) is 9.59 Å². The summed E-state index contributed by atoms with van der Waals surface area (Å²) >= 11 is 0. The van der Waals surface area contributed by atoms with Crippen LogP contribution in [0.25, 0.3) is 0 Å². The normalized spacial score (nSPS) is 12.5. The summed E-state index contributed by atoms with van der Waals surface area (Å²) < 4.78 is 10.7. The summed E-state index contributed by atoms with van der Waals surface area (Å²) in [6.45, 7) is 2.79. The molecule has 0 aliphatic carbocycles. The number of ether oxygens (including phenoxy) is 2. The number of carbonyl (C=O) groups excluding carboxylic acids is 3. The maximum Gasteiger partial charge on any atom is 0.258 e. The van der Waals surface area contributed by atoms with E-state index < -0.39 is 30.3 Å². The molecule has 0 saturated carbocycles. The van der Waals surface area contributed by atoms with E-state index in [1.807, 2.05) is 6.07 Å². The molecule has 0 aliphatic heterocycles. The van der Waals surface area contributed by atoms with Crippen LogP contribution >= 0.6 is 0 Å². The molecule has 0 aromatic heterocycles. The molecule has 0 aliphatic rings. The van der Waals surface area contributed by atoms with Gasteiger partial charge in [0.25, 0.3) is 5.91 Å². The van der Waals surface area contributed by atoms with E-state index in [9.17, 15) is 24.6 Å². The van der Waals surface area contributed by atoms with E-state index in [-0.39, 0.29) is 29.6 Å². The van der Waals surface area contributed by atoms with Crippen molar-refractivity contribution in [1.82, 2.24) is 5.32 Å². The number of amides is 1. The van der Waals surface area contributed by atoms with Crippen LogP contribution in [0.2, 0.25) is 0 Å². The summed E-state index contributed by atoms with van der Waals surface area (Å²) in [7, 11) is 0. The Hall–Kier alpha value is -3.55. The average Bonchev–Trinajstić information content (AvgIpc) is 2.74. The highest BCUT2D eigenvalue weighted by molar-refractivity contribution is 5.99. The van der Waals surface area contributed by atoms with Crippen LogP contribution in [0.5, 0.6) is 17.2 Å². The van der Waals surface area contributed by atoms with Crippen molar-refractivity contribution in [3.8, 4) is 17.2 Å². The zero-order valence-corrected chi connectivity index (χ0v) is 16.8. The van der Waals surface area contributed by atoms with E-state index in [1.165, 1.54) is 18.2 Å². The number of aromatic hydroxyl groups is 1. The summed E-state index contributed by atoms with van der Waals surface area (Å²) in [5, 5.41) is 23.6. The Balaban J connectivity index is 1.91. The number of benzene rings is 2. The van der Waals surface area contributed by atoms with Crippen molar-refractivity contribution in [3.05, 3.63) is 54.1 Å². The highest BCUT2D eigenvalue weighted by Crippen LogP contribution is 2.24. The first-order valence-corrected chi connectivity index (χ1v) is 9.48. The van der Waals surface area contributed by atoms with Crippen molar-refractivity contribution >= 4 is 17.7 Å². The van der Waals surface area contributed by atoms with Gasteiger partial charge in [0.2, 0.25) is 5.78 Å². The standard InChI is InChI=1S/C22H25NO7/c1-3-14(2)21(22(27)28)23-20(26)13-30-16-9-10-17(18(24)11-16)19(25)12-29-15-7-5-4-6-8-15/h4-11,14,21,24H,3,12-13H2,1-2H3,(H,23,26)(H,27,28)/p-1/t14-,21-/m0/s1. The van der Waals surface area contributed by atoms with Crippen molar-refractivity contribution in [2.45, 2.75) is 26.3 Å². The monoisotopic (exact) mass is 414 g/mol. The molecule has 0 unspecified atom stereocenters. The lowest BCUT2D eigenvalue weighted by Crippen LogP contribution is -2.52. The van der Waals surface area contributed by atoms with E-state index in [0.29, 0.717) is 12.2 Å². The van der Waals surface area contributed by atoms with Gasteiger partial charge in [0, 0.05) is 6.07 Å². The number of hydrogen-bond acceptors (Lipinski definition) is 7. The lowest BCUT2D eigenvalue weighted by atomic mass is 9.99. The molecule has 2 aromatic carbocycles. The van der Waals surface area contributed by atoms with E-state index >= 15 is 0 Å². The largest absolute Gasteiger partial charge is 0.548 e. The average molecular weight is 414 g/mol. The second-order valence-corrected chi connectivity index (χ2v) is 6.74. The number of aliphatic carboxylic acids is 1. The number of carbonyl (C=O) groups is 3. The first-order chi connectivity index (χ1) is 14.3. The Bertz CT molecular complexity index is 882. The number of phenols is 1. The molecule has 0 radical (unpaired) electrons. The number of hydrogen-bond donors (Lipinski definition) is 2. The van der Waals surface area contributed by atoms with Gasteiger partial charge in [0.05, 0.1) is 17.6 Å². The molecule has 0 saturated heterocycles. The minimum Gasteiger partial charge on any atom is -0.548 e. The number of ketones is 1. The number of carboxylic acids is 1. The molecular weight excluding hydrogens is 390 g/mol. The number of nitrogens with one attached hydrogen (secondary N) is 1. The van der Waals surface area contributed by atoms with E-state index in [2.05, 4.69) is 5.32 Å². The number of para-hydroxylation sites is 1. The van der Waals surface area contributed by atoms with Crippen molar-refractivity contribution in [2.75, 3.05) is 13.2 Å². The van der Waals surface area contributed by atoms with E-state index in [4.69, 9.17) is 9.47 Å². The molecule has 30 heavy (non-hydrogen) atoms. The van der Waals surface area contributed by atoms with Crippen molar-refractivity contribution in [3.63, 3.8) is 0 Å². The fraction of sp³-hybridized carbons (Fsp3) is 0.318. The minimum atomic E-state index is -1.36. The van der Waals surface area contributed by atoms with Gasteiger partial charge >= 0.3 is 0 Å². The molecule has 0 spiro atoms. The van der Waals surface area contributed by atoms with Crippen molar-refractivity contribution in [1.29, 1.82) is 0 Å². The fourth-order valence-electron chi connectivity index (χ4n) is 2.61. The molecule has 2 N–H and O–H groups in total. The Morgan fingerprint density at radius 1 is 1.03 bits per heavy atom. The Morgan fingerprint density at radius 3 is 2.30 bits per heavy atom. The first kappa shape index (κ1) is 22.7. The third kappa shape index (κ3) is 6.51. The van der Waals surface area contributed by atoms with Gasteiger partial charge in [0.1, 0.15) is 17.2 Å². The van der Waals surface area contributed by atoms with Crippen LogP contribution < -0.4 is 19.9 Å². The van der Waals surface area contributed by atoms with Crippen LogP contribution in [0.3, 0.4) is 0 Å². The molecule has 2 rings (SSSR count). The third-order valence-corrected chi connectivity index (χ3v) is 4.54. The lowest BCUT2D eigenvalue weighted by molar-refractivity contribution is -0.309. The maximum atomic E-state index is 12.2. The van der Waals surface area contributed by atoms with Gasteiger partial charge in [-0.05, 0) is 30.2 Å². The Kier molecular flexibility index (Phi) is 8.22. The molecule has 0 heterocycles. The number of Topliss-reactive ketones (excluding diaryl/α,β-unsaturated/α-hetero) is 1. The molecule has 2 atom stereocenters. The van der Waals surface area contributed by atoms with Gasteiger partial charge in [-0.1, -0.05) is 38.5 Å². The highest BCUT2D eigenvalue weighted by Gasteiger charge is 2.20. The van der Waals surface area contributed by atoms with Gasteiger partial charge in [0.15, 0.2) is 13.2 Å². The third-order valence-electron chi connectivity index (χ3n) is 4.54. The fourth-order valence-corrected chi connectivity index (χ4v) is 2.61. The van der Waals surface area contributed by atoms with Crippen molar-refractivity contribution < 1.29 is 34.1 Å². The van der Waals surface area contributed by atoms with E-state index in [0.717, 1.165) is 0 Å². The molecule has 0 bridgehead atoms. The summed E-state index contributed by atoms with van der Waals surface area (Å²) in [5.74, 6) is -2.37. The number of carboxylic acid groups (broad SMARTS) is 1. The molecule has 0 fully saturated rings. The second kappa shape index (κ2) is 10.8. The minimum absolute atomic E-state index is 0.0523. The quantitative estimate of drug-likeness (QED) is 0.531. The molecule has 160 valence electrons. The van der Waals surface area contributed by atoms with E-state index in [1.54, 1.807) is 38.1 Å². The summed E-state index contributed by atoms with van der Waals surface area (Å²) in [5.41, 5.74) is 0.0523.